The van der Waals surface area contributed by atoms with Gasteiger partial charge in [-0.2, -0.15) is 5.26 Å². The van der Waals surface area contributed by atoms with Crippen LogP contribution in [0.4, 0.5) is 0 Å². The summed E-state index contributed by atoms with van der Waals surface area (Å²) >= 11 is 0. The predicted molar refractivity (Wildman–Crippen MR) is 83.7 cm³/mol. The minimum atomic E-state index is -0.384. The fraction of sp³-hybridized carbons (Fsp3) is 0.412. The van der Waals surface area contributed by atoms with Gasteiger partial charge in [-0.1, -0.05) is 25.1 Å². The Balaban J connectivity index is 3.03. The van der Waals surface area contributed by atoms with E-state index < -0.39 is 0 Å². The van der Waals surface area contributed by atoms with Gasteiger partial charge < -0.3 is 10.1 Å². The van der Waals surface area contributed by atoms with Crippen molar-refractivity contribution in [3.8, 4) is 11.8 Å². The second-order valence-corrected chi connectivity index (χ2v) is 5.76. The van der Waals surface area contributed by atoms with E-state index in [9.17, 15) is 10.1 Å². The van der Waals surface area contributed by atoms with Gasteiger partial charge in [0, 0.05) is 11.1 Å². The highest BCUT2D eigenvalue weighted by Gasteiger charge is 2.17. The highest BCUT2D eigenvalue weighted by atomic mass is 16.5. The number of nitrogens with one attached hydrogen (secondary N) is 1. The van der Waals surface area contributed by atoms with Gasteiger partial charge in [0.25, 0.3) is 5.91 Å². The number of benzene rings is 1. The van der Waals surface area contributed by atoms with Crippen LogP contribution in [-0.4, -0.2) is 18.1 Å². The van der Waals surface area contributed by atoms with Gasteiger partial charge in [0.15, 0.2) is 0 Å². The molecule has 0 aromatic heterocycles. The molecule has 0 bridgehead atoms. The number of para-hydroxylation sites is 1. The third kappa shape index (κ3) is 5.70. The van der Waals surface area contributed by atoms with Crippen LogP contribution in [0.25, 0.3) is 6.08 Å². The van der Waals surface area contributed by atoms with Crippen molar-refractivity contribution in [2.45, 2.75) is 39.7 Å². The van der Waals surface area contributed by atoms with Crippen LogP contribution in [0.5, 0.6) is 5.75 Å². The van der Waals surface area contributed by atoms with E-state index in [0.717, 1.165) is 12.0 Å². The lowest BCUT2D eigenvalue weighted by atomic mass is 10.1. The number of rotatable bonds is 5. The largest absolute Gasteiger partial charge is 0.493 e. The Morgan fingerprint density at radius 3 is 2.62 bits per heavy atom. The third-order valence-electron chi connectivity index (χ3n) is 2.53. The molecule has 0 aliphatic rings. The summed E-state index contributed by atoms with van der Waals surface area (Å²) in [6.45, 7) is 8.24. The normalized spacial score (nSPS) is 11.7. The average Bonchev–Trinajstić information content (AvgIpc) is 2.41. The molecule has 112 valence electrons. The summed E-state index contributed by atoms with van der Waals surface area (Å²) in [5.74, 6) is 0.297. The fourth-order valence-electron chi connectivity index (χ4n) is 1.66. The summed E-state index contributed by atoms with van der Waals surface area (Å²) in [6, 6.07) is 9.32. The molecule has 0 atom stereocenters. The van der Waals surface area contributed by atoms with Gasteiger partial charge in [0.05, 0.1) is 6.61 Å². The van der Waals surface area contributed by atoms with Gasteiger partial charge in [-0.25, -0.2) is 0 Å². The molecular weight excluding hydrogens is 264 g/mol. The maximum atomic E-state index is 12.1. The molecule has 0 aliphatic heterocycles. The molecule has 1 rings (SSSR count). The molecule has 0 saturated carbocycles. The van der Waals surface area contributed by atoms with Gasteiger partial charge in [-0.15, -0.1) is 0 Å². The summed E-state index contributed by atoms with van der Waals surface area (Å²) < 4.78 is 5.63. The number of hydrogen-bond acceptors (Lipinski definition) is 3. The van der Waals surface area contributed by atoms with Crippen molar-refractivity contribution in [1.29, 1.82) is 5.26 Å². The van der Waals surface area contributed by atoms with Crippen molar-refractivity contribution in [1.82, 2.24) is 5.32 Å². The third-order valence-corrected chi connectivity index (χ3v) is 2.53. The van der Waals surface area contributed by atoms with Gasteiger partial charge in [-0.05, 0) is 39.3 Å². The monoisotopic (exact) mass is 286 g/mol. The van der Waals surface area contributed by atoms with Crippen molar-refractivity contribution in [3.63, 3.8) is 0 Å². The lowest BCUT2D eigenvalue weighted by Crippen LogP contribution is -2.41. The number of carbonyl (C=O) groups is 1. The molecule has 1 aromatic carbocycles. The molecule has 1 amide bonds. The van der Waals surface area contributed by atoms with E-state index in [1.165, 1.54) is 0 Å². The molecule has 4 heteroatoms. The summed E-state index contributed by atoms with van der Waals surface area (Å²) in [5.41, 5.74) is 0.412. The highest BCUT2D eigenvalue weighted by Crippen LogP contribution is 2.21. The van der Waals surface area contributed by atoms with E-state index in [-0.39, 0.29) is 17.0 Å². The Kier molecular flexibility index (Phi) is 5.98. The molecule has 4 nitrogen and oxygen atoms in total. The second-order valence-electron chi connectivity index (χ2n) is 5.76. The van der Waals surface area contributed by atoms with Crippen molar-refractivity contribution >= 4 is 12.0 Å². The number of amides is 1. The van der Waals surface area contributed by atoms with E-state index in [4.69, 9.17) is 4.74 Å². The Labute approximate surface area is 126 Å². The first-order valence-corrected chi connectivity index (χ1v) is 7.03. The van der Waals surface area contributed by atoms with Gasteiger partial charge in [-0.3, -0.25) is 4.79 Å². The summed E-state index contributed by atoms with van der Waals surface area (Å²) in [6.07, 6.45) is 2.46. The molecule has 0 fully saturated rings. The standard InChI is InChI=1S/C17H22N2O2/c1-5-10-21-15-9-7-6-8-13(15)11-14(12-18)16(20)19-17(2,3)4/h6-9,11H,5,10H2,1-4H3,(H,19,20)/b14-11+. The summed E-state index contributed by atoms with van der Waals surface area (Å²) in [7, 11) is 0. The lowest BCUT2D eigenvalue weighted by Gasteiger charge is -2.20. The quantitative estimate of drug-likeness (QED) is 0.667. The molecule has 1 N–H and O–H groups in total. The first-order valence-electron chi connectivity index (χ1n) is 7.03. The van der Waals surface area contributed by atoms with Crippen molar-refractivity contribution in [3.05, 3.63) is 35.4 Å². The number of nitriles is 1. The van der Waals surface area contributed by atoms with Gasteiger partial charge >= 0.3 is 0 Å². The van der Waals surface area contributed by atoms with E-state index in [2.05, 4.69) is 5.32 Å². The van der Waals surface area contributed by atoms with Crippen molar-refractivity contribution < 1.29 is 9.53 Å². The lowest BCUT2D eigenvalue weighted by molar-refractivity contribution is -0.118. The van der Waals surface area contributed by atoms with Gasteiger partial charge in [0.1, 0.15) is 17.4 Å². The van der Waals surface area contributed by atoms with Gasteiger partial charge in [0.2, 0.25) is 0 Å². The Hall–Kier alpha value is -2.28. The number of ether oxygens (including phenoxy) is 1. The zero-order chi connectivity index (χ0) is 15.9. The number of hydrogen-bond donors (Lipinski definition) is 1. The maximum Gasteiger partial charge on any atom is 0.262 e. The van der Waals surface area contributed by atoms with Crippen LogP contribution in [0.1, 0.15) is 39.7 Å². The maximum absolute atomic E-state index is 12.1. The second kappa shape index (κ2) is 7.49. The molecule has 0 aliphatic carbocycles. The smallest absolute Gasteiger partial charge is 0.262 e. The van der Waals surface area contributed by atoms with E-state index >= 15 is 0 Å². The molecule has 21 heavy (non-hydrogen) atoms. The molecular formula is C17H22N2O2. The van der Waals surface area contributed by atoms with Crippen LogP contribution in [0.15, 0.2) is 29.8 Å². The van der Waals surface area contributed by atoms with Crippen molar-refractivity contribution in [2.75, 3.05) is 6.61 Å². The summed E-state index contributed by atoms with van der Waals surface area (Å²) in [5, 5.41) is 12.0. The topological polar surface area (TPSA) is 62.1 Å². The van der Waals surface area contributed by atoms with E-state index in [0.29, 0.717) is 12.4 Å². The molecule has 0 heterocycles. The van der Waals surface area contributed by atoms with E-state index in [1.54, 1.807) is 6.08 Å². The Bertz CT molecular complexity index is 563. The Morgan fingerprint density at radius 1 is 1.38 bits per heavy atom. The molecule has 0 saturated heterocycles. The van der Waals surface area contributed by atoms with Crippen LogP contribution in [0.2, 0.25) is 0 Å². The zero-order valence-corrected chi connectivity index (χ0v) is 13.1. The Morgan fingerprint density at radius 2 is 2.05 bits per heavy atom. The minimum absolute atomic E-state index is 0.0671. The molecule has 0 radical (unpaired) electrons. The number of carbonyl (C=O) groups excluding carboxylic acids is 1. The molecule has 0 spiro atoms. The van der Waals surface area contributed by atoms with Crippen LogP contribution >= 0.6 is 0 Å². The predicted octanol–water partition coefficient (Wildman–Crippen LogP) is 3.30. The molecule has 1 aromatic rings. The first kappa shape index (κ1) is 16.8. The van der Waals surface area contributed by atoms with Crippen LogP contribution < -0.4 is 10.1 Å². The number of nitrogens with zero attached hydrogens (tertiary/aromatic N) is 1. The van der Waals surface area contributed by atoms with Crippen LogP contribution in [0.3, 0.4) is 0 Å². The zero-order valence-electron chi connectivity index (χ0n) is 13.1. The van der Waals surface area contributed by atoms with E-state index in [1.807, 2.05) is 58.0 Å². The summed E-state index contributed by atoms with van der Waals surface area (Å²) in [4.78, 5) is 12.1. The fourth-order valence-corrected chi connectivity index (χ4v) is 1.66. The average molecular weight is 286 g/mol. The van der Waals surface area contributed by atoms with Crippen molar-refractivity contribution in [2.24, 2.45) is 0 Å². The van der Waals surface area contributed by atoms with Crippen LogP contribution in [0, 0.1) is 11.3 Å². The SMILES string of the molecule is CCCOc1ccccc1/C=C(\C#N)C(=O)NC(C)(C)C. The first-order chi connectivity index (χ1) is 9.87. The minimum Gasteiger partial charge on any atom is -0.493 e. The molecule has 0 unspecified atom stereocenters. The van der Waals surface area contributed by atoms with Crippen LogP contribution in [-0.2, 0) is 4.79 Å². The highest BCUT2D eigenvalue weighted by molar-refractivity contribution is 6.02.